The lowest BCUT2D eigenvalue weighted by Gasteiger charge is -2.05. The first-order valence-corrected chi connectivity index (χ1v) is 11.6. The maximum Gasteiger partial charge on any atom is 0.309 e. The summed E-state index contributed by atoms with van der Waals surface area (Å²) in [5, 5.41) is 6.30. The molecule has 3 heterocycles. The molecule has 9 nitrogen and oxygen atoms in total. The molecule has 5 rings (SSSR count). The van der Waals surface area contributed by atoms with Crippen molar-refractivity contribution in [1.29, 1.82) is 0 Å². The van der Waals surface area contributed by atoms with Gasteiger partial charge >= 0.3 is 5.91 Å². The molecule has 2 aromatic carbocycles. The quantitative estimate of drug-likeness (QED) is 0.353. The van der Waals surface area contributed by atoms with E-state index >= 15 is 0 Å². The first-order valence-electron chi connectivity index (χ1n) is 10.8. The van der Waals surface area contributed by atoms with Gasteiger partial charge in [-0.05, 0) is 30.5 Å². The molecule has 2 amide bonds. The number of oxazole rings is 1. The predicted octanol–water partition coefficient (Wildman–Crippen LogP) is 3.96. The van der Waals surface area contributed by atoms with Crippen LogP contribution >= 0.6 is 11.3 Å². The molecule has 0 saturated heterocycles. The Morgan fingerprint density at radius 2 is 1.69 bits per heavy atom. The number of carbonyl (C=O) groups excluding carboxylic acids is 2. The third kappa shape index (κ3) is 4.87. The van der Waals surface area contributed by atoms with Crippen LogP contribution in [0.15, 0.2) is 82.6 Å². The van der Waals surface area contributed by atoms with Gasteiger partial charge in [0.2, 0.25) is 17.6 Å². The van der Waals surface area contributed by atoms with E-state index in [1.165, 1.54) is 11.3 Å². The van der Waals surface area contributed by atoms with Crippen LogP contribution in [0.2, 0.25) is 0 Å². The van der Waals surface area contributed by atoms with Crippen molar-refractivity contribution in [2.45, 2.75) is 13.3 Å². The standard InChI is InChI=1S/C25H20N6O3S/c1-16-19(26-25(34-16)20-13-8-14-35-20)15-21(32)28-29-24(33)22-27-23(17-9-4-2-5-10-17)31(30-22)18-11-6-3-7-12-18/h2-14H,15H2,1H3,(H,28,32)(H,29,33). The van der Waals surface area contributed by atoms with Gasteiger partial charge in [0.25, 0.3) is 0 Å². The van der Waals surface area contributed by atoms with Crippen molar-refractivity contribution in [2.75, 3.05) is 0 Å². The number of aromatic nitrogens is 4. The minimum absolute atomic E-state index is 0.0534. The van der Waals surface area contributed by atoms with E-state index in [9.17, 15) is 9.59 Å². The van der Waals surface area contributed by atoms with Crippen LogP contribution in [0.1, 0.15) is 22.1 Å². The average molecular weight is 485 g/mol. The van der Waals surface area contributed by atoms with Gasteiger partial charge in [-0.2, -0.15) is 0 Å². The fourth-order valence-electron chi connectivity index (χ4n) is 3.41. The number of carbonyl (C=O) groups is 2. The molecule has 0 unspecified atom stereocenters. The molecule has 35 heavy (non-hydrogen) atoms. The molecule has 174 valence electrons. The maximum atomic E-state index is 12.8. The topological polar surface area (TPSA) is 115 Å². The third-order valence-corrected chi connectivity index (χ3v) is 5.97. The normalized spacial score (nSPS) is 10.8. The molecule has 10 heteroatoms. The number of para-hydroxylation sites is 1. The number of benzene rings is 2. The lowest BCUT2D eigenvalue weighted by Crippen LogP contribution is -2.43. The summed E-state index contributed by atoms with van der Waals surface area (Å²) >= 11 is 1.50. The summed E-state index contributed by atoms with van der Waals surface area (Å²) in [4.78, 5) is 34.9. The van der Waals surface area contributed by atoms with Crippen LogP contribution in [0.3, 0.4) is 0 Å². The summed E-state index contributed by atoms with van der Waals surface area (Å²) in [6, 6.07) is 22.6. The highest BCUT2D eigenvalue weighted by molar-refractivity contribution is 7.13. The first-order chi connectivity index (χ1) is 17.1. The molecule has 3 aromatic heterocycles. The number of hydrazine groups is 1. The molecule has 0 saturated carbocycles. The molecule has 0 radical (unpaired) electrons. The predicted molar refractivity (Wildman–Crippen MR) is 131 cm³/mol. The number of aryl methyl sites for hydroxylation is 1. The van der Waals surface area contributed by atoms with Crippen LogP contribution in [0.5, 0.6) is 0 Å². The summed E-state index contributed by atoms with van der Waals surface area (Å²) in [7, 11) is 0. The highest BCUT2D eigenvalue weighted by Gasteiger charge is 2.20. The number of hydrogen-bond acceptors (Lipinski definition) is 7. The fraction of sp³-hybridized carbons (Fsp3) is 0.0800. The number of thiophene rings is 1. The second kappa shape index (κ2) is 9.74. The van der Waals surface area contributed by atoms with Crippen molar-refractivity contribution in [3.63, 3.8) is 0 Å². The maximum absolute atomic E-state index is 12.8. The van der Waals surface area contributed by atoms with Crippen LogP contribution in [-0.2, 0) is 11.2 Å². The van der Waals surface area contributed by atoms with E-state index in [1.807, 2.05) is 78.2 Å². The second-order valence-electron chi connectivity index (χ2n) is 7.55. The Kier molecular flexibility index (Phi) is 6.18. The van der Waals surface area contributed by atoms with E-state index < -0.39 is 11.8 Å². The fourth-order valence-corrected chi connectivity index (χ4v) is 4.06. The zero-order valence-electron chi connectivity index (χ0n) is 18.6. The van der Waals surface area contributed by atoms with E-state index in [0.29, 0.717) is 23.2 Å². The molecule has 0 aliphatic rings. The molecule has 0 atom stereocenters. The molecule has 0 spiro atoms. The van der Waals surface area contributed by atoms with Crippen LogP contribution in [0, 0.1) is 6.92 Å². The number of nitrogens with zero attached hydrogens (tertiary/aromatic N) is 4. The van der Waals surface area contributed by atoms with Crippen molar-refractivity contribution in [1.82, 2.24) is 30.6 Å². The van der Waals surface area contributed by atoms with Gasteiger partial charge in [0.05, 0.1) is 22.7 Å². The minimum Gasteiger partial charge on any atom is -0.440 e. The van der Waals surface area contributed by atoms with Crippen LogP contribution < -0.4 is 10.9 Å². The van der Waals surface area contributed by atoms with E-state index in [0.717, 1.165) is 16.1 Å². The highest BCUT2D eigenvalue weighted by Crippen LogP contribution is 2.26. The van der Waals surface area contributed by atoms with Crippen molar-refractivity contribution in [3.8, 4) is 27.8 Å². The van der Waals surface area contributed by atoms with E-state index in [2.05, 4.69) is 25.9 Å². The van der Waals surface area contributed by atoms with Crippen molar-refractivity contribution in [3.05, 3.63) is 95.5 Å². The first kappa shape index (κ1) is 22.2. The SMILES string of the molecule is Cc1oc(-c2cccs2)nc1CC(=O)NNC(=O)c1nc(-c2ccccc2)n(-c2ccccc2)n1. The van der Waals surface area contributed by atoms with Crippen molar-refractivity contribution < 1.29 is 14.0 Å². The molecular weight excluding hydrogens is 464 g/mol. The Balaban J connectivity index is 1.30. The van der Waals surface area contributed by atoms with Gasteiger partial charge in [-0.1, -0.05) is 54.6 Å². The third-order valence-electron chi connectivity index (χ3n) is 5.11. The molecule has 0 fully saturated rings. The van der Waals surface area contributed by atoms with Gasteiger partial charge in [0.15, 0.2) is 5.82 Å². The van der Waals surface area contributed by atoms with Gasteiger partial charge in [0.1, 0.15) is 5.76 Å². The molecule has 0 aliphatic heterocycles. The van der Waals surface area contributed by atoms with E-state index in [1.54, 1.807) is 11.6 Å². The summed E-state index contributed by atoms with van der Waals surface area (Å²) < 4.78 is 7.26. The number of nitrogens with one attached hydrogen (secondary N) is 2. The lowest BCUT2D eigenvalue weighted by atomic mass is 10.2. The molecule has 0 aliphatic carbocycles. The smallest absolute Gasteiger partial charge is 0.309 e. The average Bonchev–Trinajstić information content (AvgIpc) is 3.64. The van der Waals surface area contributed by atoms with Crippen LogP contribution in [0.25, 0.3) is 27.8 Å². The Labute approximate surface area is 204 Å². The number of hydrogen-bond donors (Lipinski definition) is 2. The Bertz CT molecular complexity index is 1400. The van der Waals surface area contributed by atoms with Crippen LogP contribution in [-0.4, -0.2) is 31.6 Å². The summed E-state index contributed by atoms with van der Waals surface area (Å²) in [5.41, 5.74) is 6.84. The minimum atomic E-state index is -0.638. The molecule has 2 N–H and O–H groups in total. The second-order valence-corrected chi connectivity index (χ2v) is 8.50. The van der Waals surface area contributed by atoms with Gasteiger partial charge in [-0.15, -0.1) is 16.4 Å². The molecule has 0 bridgehead atoms. The van der Waals surface area contributed by atoms with Gasteiger partial charge in [-0.25, -0.2) is 14.6 Å². The highest BCUT2D eigenvalue weighted by atomic mass is 32.1. The van der Waals surface area contributed by atoms with Crippen LogP contribution in [0.4, 0.5) is 0 Å². The summed E-state index contributed by atoms with van der Waals surface area (Å²) in [5.74, 6) is 0.358. The zero-order chi connectivity index (χ0) is 24.2. The largest absolute Gasteiger partial charge is 0.440 e. The van der Waals surface area contributed by atoms with Crippen molar-refractivity contribution >= 4 is 23.2 Å². The van der Waals surface area contributed by atoms with Gasteiger partial charge in [0, 0.05) is 5.56 Å². The Morgan fingerprint density at radius 3 is 2.40 bits per heavy atom. The Morgan fingerprint density at radius 1 is 0.943 bits per heavy atom. The van der Waals surface area contributed by atoms with Gasteiger partial charge in [-0.3, -0.25) is 20.4 Å². The monoisotopic (exact) mass is 484 g/mol. The summed E-state index contributed by atoms with van der Waals surface area (Å²) in [6.45, 7) is 1.75. The summed E-state index contributed by atoms with van der Waals surface area (Å²) in [6.07, 6.45) is -0.0534. The van der Waals surface area contributed by atoms with E-state index in [4.69, 9.17) is 4.42 Å². The Hall–Kier alpha value is -4.57. The van der Waals surface area contributed by atoms with Gasteiger partial charge < -0.3 is 4.42 Å². The number of amides is 2. The van der Waals surface area contributed by atoms with Crippen molar-refractivity contribution in [2.24, 2.45) is 0 Å². The molecular formula is C25H20N6O3S. The zero-order valence-corrected chi connectivity index (χ0v) is 19.5. The lowest BCUT2D eigenvalue weighted by molar-refractivity contribution is -0.121. The number of rotatable bonds is 6. The van der Waals surface area contributed by atoms with E-state index in [-0.39, 0.29) is 12.2 Å². The molecule has 5 aromatic rings.